The molecule has 0 fully saturated rings. The quantitative estimate of drug-likeness (QED) is 0.215. The van der Waals surface area contributed by atoms with Crippen molar-refractivity contribution in [1.29, 1.82) is 0 Å². The molecule has 31 heavy (non-hydrogen) atoms. The van der Waals surface area contributed by atoms with Gasteiger partial charge in [-0.1, -0.05) is 13.2 Å². The predicted molar refractivity (Wildman–Crippen MR) is 86.8 cm³/mol. The second-order valence-electron chi connectivity index (χ2n) is 6.16. The first kappa shape index (κ1) is 28.2. The van der Waals surface area contributed by atoms with E-state index in [9.17, 15) is 45.1 Å². The van der Waals surface area contributed by atoms with Crippen LogP contribution < -0.4 is 5.32 Å². The van der Waals surface area contributed by atoms with E-state index in [0.29, 0.717) is 12.2 Å². The van der Waals surface area contributed by atoms with Crippen LogP contribution in [0, 0.1) is 0 Å². The highest BCUT2D eigenvalue weighted by Crippen LogP contribution is 2.38. The van der Waals surface area contributed by atoms with Crippen molar-refractivity contribution in [3.8, 4) is 0 Å². The fourth-order valence-electron chi connectivity index (χ4n) is 1.75. The van der Waals surface area contributed by atoms with E-state index in [2.05, 4.69) is 32.1 Å². The van der Waals surface area contributed by atoms with Crippen LogP contribution in [0.4, 0.5) is 35.5 Å². The van der Waals surface area contributed by atoms with Crippen molar-refractivity contribution in [2.45, 2.75) is 43.9 Å². The molecule has 0 aliphatic heterocycles. The SMILES string of the molecule is C=CC(=O)OCC(C)(COC(=O)C=C)NC(=O)OC(C(C)(F)F)C(F)(F)OC(F)(F)F. The molecule has 15 heteroatoms. The van der Waals surface area contributed by atoms with Gasteiger partial charge in [-0.25, -0.2) is 27.9 Å². The maximum absolute atomic E-state index is 13.6. The first-order valence-electron chi connectivity index (χ1n) is 7.95. The van der Waals surface area contributed by atoms with Crippen LogP contribution in [0.1, 0.15) is 13.8 Å². The Kier molecular flexibility index (Phi) is 9.50. The van der Waals surface area contributed by atoms with Gasteiger partial charge in [0.2, 0.25) is 0 Å². The van der Waals surface area contributed by atoms with Gasteiger partial charge in [0, 0.05) is 19.1 Å². The largest absolute Gasteiger partial charge is 0.527 e. The van der Waals surface area contributed by atoms with Crippen molar-refractivity contribution >= 4 is 18.0 Å². The summed E-state index contributed by atoms with van der Waals surface area (Å²) < 4.78 is 106. The maximum atomic E-state index is 13.6. The van der Waals surface area contributed by atoms with E-state index in [0.717, 1.165) is 6.92 Å². The first-order valence-corrected chi connectivity index (χ1v) is 7.95. The Hall–Kier alpha value is -2.84. The highest BCUT2D eigenvalue weighted by Gasteiger charge is 2.61. The Bertz CT molecular complexity index is 665. The molecule has 1 atom stereocenters. The van der Waals surface area contributed by atoms with Gasteiger partial charge in [0.25, 0.3) is 12.0 Å². The van der Waals surface area contributed by atoms with Crippen LogP contribution in [0.25, 0.3) is 0 Å². The molecule has 0 heterocycles. The van der Waals surface area contributed by atoms with E-state index in [-0.39, 0.29) is 6.92 Å². The third-order valence-electron chi connectivity index (χ3n) is 3.05. The Morgan fingerprint density at radius 3 is 1.65 bits per heavy atom. The number of carbonyl (C=O) groups is 3. The average molecular weight is 469 g/mol. The highest BCUT2D eigenvalue weighted by molar-refractivity contribution is 5.82. The van der Waals surface area contributed by atoms with Gasteiger partial charge in [0.15, 0.2) is 0 Å². The second-order valence-corrected chi connectivity index (χ2v) is 6.16. The van der Waals surface area contributed by atoms with E-state index >= 15 is 0 Å². The summed E-state index contributed by atoms with van der Waals surface area (Å²) in [5, 5.41) is 1.70. The maximum Gasteiger partial charge on any atom is 0.527 e. The number of alkyl carbamates (subject to hydrolysis) is 1. The third kappa shape index (κ3) is 10.7. The van der Waals surface area contributed by atoms with Crippen LogP contribution in [-0.2, 0) is 28.5 Å². The van der Waals surface area contributed by atoms with E-state index in [1.54, 1.807) is 5.32 Å². The molecule has 0 rings (SSSR count). The number of amides is 1. The normalized spacial score (nSPS) is 13.6. The molecule has 178 valence electrons. The van der Waals surface area contributed by atoms with Crippen molar-refractivity contribution in [2.75, 3.05) is 13.2 Å². The molecular weight excluding hydrogens is 451 g/mol. The number of esters is 2. The molecule has 0 saturated heterocycles. The molecule has 1 N–H and O–H groups in total. The summed E-state index contributed by atoms with van der Waals surface area (Å²) in [6.45, 7) is 5.27. The highest BCUT2D eigenvalue weighted by atomic mass is 19.4. The predicted octanol–water partition coefficient (Wildman–Crippen LogP) is 3.08. The summed E-state index contributed by atoms with van der Waals surface area (Å²) in [6.07, 6.45) is -16.5. The van der Waals surface area contributed by atoms with Gasteiger partial charge in [0.05, 0.1) is 0 Å². The molecule has 0 aromatic rings. The molecule has 8 nitrogen and oxygen atoms in total. The van der Waals surface area contributed by atoms with Crippen molar-refractivity contribution in [3.05, 3.63) is 25.3 Å². The lowest BCUT2D eigenvalue weighted by molar-refractivity contribution is -0.451. The fourth-order valence-corrected chi connectivity index (χ4v) is 1.75. The fraction of sp³-hybridized carbons (Fsp3) is 0.562. The van der Waals surface area contributed by atoms with E-state index in [1.165, 1.54) is 0 Å². The van der Waals surface area contributed by atoms with Crippen molar-refractivity contribution in [2.24, 2.45) is 0 Å². The average Bonchev–Trinajstić information content (AvgIpc) is 2.59. The van der Waals surface area contributed by atoms with Gasteiger partial charge in [-0.2, -0.15) is 8.78 Å². The molecule has 0 aromatic heterocycles. The zero-order chi connectivity index (χ0) is 24.7. The Morgan fingerprint density at radius 1 is 0.903 bits per heavy atom. The molecule has 1 unspecified atom stereocenters. The third-order valence-corrected chi connectivity index (χ3v) is 3.05. The lowest BCUT2D eigenvalue weighted by Crippen LogP contribution is -2.57. The molecular formula is C16H18F7NO7. The zero-order valence-electron chi connectivity index (χ0n) is 16.1. The minimum absolute atomic E-state index is 0.241. The van der Waals surface area contributed by atoms with E-state index in [4.69, 9.17) is 0 Å². The number of halogens is 7. The summed E-state index contributed by atoms with van der Waals surface area (Å²) in [4.78, 5) is 34.3. The number of rotatable bonds is 11. The van der Waals surface area contributed by atoms with Crippen LogP contribution in [0.15, 0.2) is 25.3 Å². The summed E-state index contributed by atoms with van der Waals surface area (Å²) in [5.41, 5.74) is -1.96. The monoisotopic (exact) mass is 469 g/mol. The smallest absolute Gasteiger partial charge is 0.460 e. The van der Waals surface area contributed by atoms with Gasteiger partial charge >= 0.3 is 30.5 Å². The topological polar surface area (TPSA) is 100 Å². The molecule has 0 aromatic carbocycles. The van der Waals surface area contributed by atoms with Crippen LogP contribution in [0.2, 0.25) is 0 Å². The minimum Gasteiger partial charge on any atom is -0.460 e. The van der Waals surface area contributed by atoms with Gasteiger partial charge < -0.3 is 19.5 Å². The van der Waals surface area contributed by atoms with E-state index in [1.807, 2.05) is 0 Å². The number of ether oxygens (including phenoxy) is 4. The summed E-state index contributed by atoms with van der Waals surface area (Å²) >= 11 is 0. The lowest BCUT2D eigenvalue weighted by atomic mass is 10.1. The second kappa shape index (κ2) is 10.5. The molecule has 0 spiro atoms. The number of alkyl halides is 7. The van der Waals surface area contributed by atoms with Gasteiger partial charge in [-0.05, 0) is 6.92 Å². The number of carbonyl (C=O) groups excluding carboxylic acids is 3. The van der Waals surface area contributed by atoms with E-state index < -0.39 is 61.3 Å². The van der Waals surface area contributed by atoms with Crippen LogP contribution >= 0.6 is 0 Å². The number of hydrogen-bond acceptors (Lipinski definition) is 7. The molecule has 0 bridgehead atoms. The van der Waals surface area contributed by atoms with Gasteiger partial charge in [-0.3, -0.25) is 0 Å². The standard InChI is InChI=1S/C16H18F7NO7/c1-5-9(25)28-7-13(3,8-29-10(26)6-2)24-12(27)30-11(14(4,17)18)15(19,20)31-16(21,22)23/h5-6,11H,1-2,7-8H2,3-4H3,(H,24,27). The lowest BCUT2D eigenvalue weighted by Gasteiger charge is -2.33. The Labute approximate surface area is 170 Å². The molecule has 1 amide bonds. The molecule has 0 saturated carbocycles. The number of hydrogen-bond donors (Lipinski definition) is 1. The Balaban J connectivity index is 5.59. The van der Waals surface area contributed by atoms with Crippen molar-refractivity contribution in [1.82, 2.24) is 5.32 Å². The van der Waals surface area contributed by atoms with Crippen LogP contribution in [0.3, 0.4) is 0 Å². The zero-order valence-corrected chi connectivity index (χ0v) is 16.1. The summed E-state index contributed by atoms with van der Waals surface area (Å²) in [5.74, 6) is -6.79. The summed E-state index contributed by atoms with van der Waals surface area (Å²) in [7, 11) is 0. The molecule has 0 aliphatic rings. The van der Waals surface area contributed by atoms with Crippen LogP contribution in [0.5, 0.6) is 0 Å². The van der Waals surface area contributed by atoms with Crippen LogP contribution in [-0.4, -0.2) is 61.3 Å². The van der Waals surface area contributed by atoms with Crippen molar-refractivity contribution in [3.63, 3.8) is 0 Å². The first-order chi connectivity index (χ1) is 13.8. The van der Waals surface area contributed by atoms with Gasteiger partial charge in [-0.15, -0.1) is 13.2 Å². The van der Waals surface area contributed by atoms with Crippen molar-refractivity contribution < 1.29 is 64.1 Å². The minimum atomic E-state index is -6.04. The molecule has 0 radical (unpaired) electrons. The van der Waals surface area contributed by atoms with Gasteiger partial charge in [0.1, 0.15) is 18.8 Å². The summed E-state index contributed by atoms with van der Waals surface area (Å²) in [6, 6.07) is 0. The Morgan fingerprint density at radius 2 is 1.32 bits per heavy atom. The number of nitrogens with one attached hydrogen (secondary N) is 1. The molecule has 0 aliphatic carbocycles.